The lowest BCUT2D eigenvalue weighted by molar-refractivity contribution is -0.123. The highest BCUT2D eigenvalue weighted by Gasteiger charge is 2.21. The number of carbonyl (C=O) groups is 1. The lowest BCUT2D eigenvalue weighted by Crippen LogP contribution is -2.27. The number of nitrogens with one attached hydrogen (secondary N) is 1. The van der Waals surface area contributed by atoms with Gasteiger partial charge in [0.1, 0.15) is 5.84 Å². The normalized spacial score (nSPS) is 12.4. The number of nitrogens with two attached hydrogens (primary N) is 1. The molecular formula is C14H20ClN3O. The number of alkyl halides is 1. The van der Waals surface area contributed by atoms with Crippen molar-refractivity contribution in [3.63, 3.8) is 0 Å². The summed E-state index contributed by atoms with van der Waals surface area (Å²) in [5, 5.41) is 2.90. The van der Waals surface area contributed by atoms with Gasteiger partial charge in [0.05, 0.1) is 11.6 Å². The second-order valence-corrected chi connectivity index (χ2v) is 5.71. The Hall–Kier alpha value is -1.55. The minimum atomic E-state index is -0.424. The Morgan fingerprint density at radius 2 is 2.05 bits per heavy atom. The quantitative estimate of drug-likeness (QED) is 0.507. The van der Waals surface area contributed by atoms with Crippen LogP contribution in [0.2, 0.25) is 0 Å². The number of halogens is 1. The molecular weight excluding hydrogens is 262 g/mol. The number of aryl methyl sites for hydroxylation is 1. The summed E-state index contributed by atoms with van der Waals surface area (Å²) < 4.78 is 0. The van der Waals surface area contributed by atoms with E-state index in [0.29, 0.717) is 5.84 Å². The van der Waals surface area contributed by atoms with Crippen molar-refractivity contribution in [1.82, 2.24) is 0 Å². The van der Waals surface area contributed by atoms with Crippen molar-refractivity contribution in [2.75, 3.05) is 11.2 Å². The molecule has 19 heavy (non-hydrogen) atoms. The summed E-state index contributed by atoms with van der Waals surface area (Å²) in [5.74, 6) is 0.543. The fourth-order valence-corrected chi connectivity index (χ4v) is 1.42. The number of nitrogens with zero attached hydrogens (tertiary/aromatic N) is 1. The number of amidine groups is 1. The highest BCUT2D eigenvalue weighted by Crippen LogP contribution is 2.24. The van der Waals surface area contributed by atoms with Crippen LogP contribution in [0.4, 0.5) is 11.4 Å². The molecule has 0 radical (unpaired) electrons. The number of rotatable bonds is 3. The van der Waals surface area contributed by atoms with Crippen molar-refractivity contribution in [2.24, 2.45) is 16.1 Å². The van der Waals surface area contributed by atoms with Gasteiger partial charge >= 0.3 is 0 Å². The first-order valence-corrected chi connectivity index (χ1v) is 6.58. The second kappa shape index (κ2) is 6.06. The summed E-state index contributed by atoms with van der Waals surface area (Å²) >= 11 is 5.58. The van der Waals surface area contributed by atoms with Gasteiger partial charge in [0.2, 0.25) is 5.91 Å². The van der Waals surface area contributed by atoms with E-state index in [4.69, 9.17) is 17.3 Å². The maximum absolute atomic E-state index is 11.9. The largest absolute Gasteiger partial charge is 0.386 e. The summed E-state index contributed by atoms with van der Waals surface area (Å²) in [4.78, 5) is 16.1. The molecule has 5 heteroatoms. The van der Waals surface area contributed by atoms with Crippen molar-refractivity contribution in [2.45, 2.75) is 27.7 Å². The van der Waals surface area contributed by atoms with Crippen molar-refractivity contribution >= 4 is 34.7 Å². The SMILES string of the molecule is Cc1cc(N=C(N)CCl)ccc1NC(=O)C(C)(C)C. The zero-order chi connectivity index (χ0) is 14.6. The van der Waals surface area contributed by atoms with Crippen molar-refractivity contribution < 1.29 is 4.79 Å². The molecule has 0 aromatic heterocycles. The van der Waals surface area contributed by atoms with E-state index >= 15 is 0 Å². The first kappa shape index (κ1) is 15.5. The molecule has 0 unspecified atom stereocenters. The fraction of sp³-hybridized carbons (Fsp3) is 0.429. The third-order valence-electron chi connectivity index (χ3n) is 2.55. The maximum Gasteiger partial charge on any atom is 0.229 e. The Kier molecular flexibility index (Phi) is 4.95. The maximum atomic E-state index is 11.9. The predicted molar refractivity (Wildman–Crippen MR) is 81.3 cm³/mol. The number of carbonyl (C=O) groups excluding carboxylic acids is 1. The number of aliphatic imine (C=N–C) groups is 1. The van der Waals surface area contributed by atoms with Gasteiger partial charge in [-0.2, -0.15) is 0 Å². The number of benzene rings is 1. The van der Waals surface area contributed by atoms with E-state index in [1.807, 2.05) is 39.8 Å². The minimum Gasteiger partial charge on any atom is -0.386 e. The molecule has 104 valence electrons. The van der Waals surface area contributed by atoms with E-state index in [2.05, 4.69) is 10.3 Å². The van der Waals surface area contributed by atoms with Gasteiger partial charge in [-0.15, -0.1) is 11.6 Å². The molecule has 0 saturated carbocycles. The average molecular weight is 282 g/mol. The molecule has 0 aliphatic heterocycles. The smallest absolute Gasteiger partial charge is 0.229 e. The third-order valence-corrected chi connectivity index (χ3v) is 2.82. The molecule has 0 saturated heterocycles. The van der Waals surface area contributed by atoms with Crippen LogP contribution in [0.25, 0.3) is 0 Å². The van der Waals surface area contributed by atoms with Crippen molar-refractivity contribution in [3.05, 3.63) is 23.8 Å². The fourth-order valence-electron chi connectivity index (χ4n) is 1.36. The van der Waals surface area contributed by atoms with E-state index < -0.39 is 5.41 Å². The standard InChI is InChI=1S/C14H20ClN3O/c1-9-7-10(17-12(16)8-15)5-6-11(9)18-13(19)14(2,3)4/h5-7H,8H2,1-4H3,(H2,16,17)(H,18,19). The molecule has 1 aromatic rings. The van der Waals surface area contributed by atoms with Crippen LogP contribution in [0.1, 0.15) is 26.3 Å². The summed E-state index contributed by atoms with van der Waals surface area (Å²) in [6.07, 6.45) is 0. The molecule has 1 aromatic carbocycles. The monoisotopic (exact) mass is 281 g/mol. The Balaban J connectivity index is 2.93. The van der Waals surface area contributed by atoms with E-state index in [1.165, 1.54) is 0 Å². The Morgan fingerprint density at radius 3 is 2.53 bits per heavy atom. The molecule has 1 amide bonds. The summed E-state index contributed by atoms with van der Waals surface area (Å²) in [5.41, 5.74) is 7.59. The molecule has 0 bridgehead atoms. The van der Waals surface area contributed by atoms with Gasteiger partial charge in [0.15, 0.2) is 0 Å². The van der Waals surface area contributed by atoms with Gasteiger partial charge in [0.25, 0.3) is 0 Å². The van der Waals surface area contributed by atoms with Crippen molar-refractivity contribution in [1.29, 1.82) is 0 Å². The van der Waals surface area contributed by atoms with Crippen LogP contribution in [0.3, 0.4) is 0 Å². The number of hydrogen-bond donors (Lipinski definition) is 2. The van der Waals surface area contributed by atoms with Gasteiger partial charge in [0, 0.05) is 11.1 Å². The van der Waals surface area contributed by atoms with Crippen LogP contribution in [0.5, 0.6) is 0 Å². The minimum absolute atomic E-state index is 0.0212. The van der Waals surface area contributed by atoms with E-state index in [1.54, 1.807) is 6.07 Å². The molecule has 3 N–H and O–H groups in total. The molecule has 0 aliphatic rings. The van der Waals surface area contributed by atoms with E-state index in [-0.39, 0.29) is 11.8 Å². The molecule has 4 nitrogen and oxygen atoms in total. The molecule has 0 spiro atoms. The first-order valence-electron chi connectivity index (χ1n) is 6.05. The van der Waals surface area contributed by atoms with Crippen LogP contribution >= 0.6 is 11.6 Å². The Labute approximate surface area is 119 Å². The first-order chi connectivity index (χ1) is 8.74. The Bertz CT molecular complexity index is 504. The number of anilines is 1. The van der Waals surface area contributed by atoms with Gasteiger partial charge in [-0.1, -0.05) is 20.8 Å². The van der Waals surface area contributed by atoms with Crippen LogP contribution in [0, 0.1) is 12.3 Å². The molecule has 0 heterocycles. The van der Waals surface area contributed by atoms with E-state index in [9.17, 15) is 4.79 Å². The van der Waals surface area contributed by atoms with Gasteiger partial charge in [-0.05, 0) is 30.7 Å². The van der Waals surface area contributed by atoms with Gasteiger partial charge in [-0.25, -0.2) is 4.99 Å². The highest BCUT2D eigenvalue weighted by molar-refractivity contribution is 6.28. The number of amides is 1. The lowest BCUT2D eigenvalue weighted by atomic mass is 9.95. The van der Waals surface area contributed by atoms with Crippen LogP contribution in [0.15, 0.2) is 23.2 Å². The lowest BCUT2D eigenvalue weighted by Gasteiger charge is -2.18. The zero-order valence-electron chi connectivity index (χ0n) is 11.7. The molecule has 1 rings (SSSR count). The molecule has 0 aliphatic carbocycles. The van der Waals surface area contributed by atoms with Crippen LogP contribution in [-0.4, -0.2) is 17.6 Å². The molecule has 0 atom stereocenters. The second-order valence-electron chi connectivity index (χ2n) is 5.44. The predicted octanol–water partition coefficient (Wildman–Crippen LogP) is 3.21. The van der Waals surface area contributed by atoms with Crippen molar-refractivity contribution in [3.8, 4) is 0 Å². The van der Waals surface area contributed by atoms with Gasteiger partial charge in [-0.3, -0.25) is 4.79 Å². The van der Waals surface area contributed by atoms with Crippen LogP contribution < -0.4 is 11.1 Å². The zero-order valence-corrected chi connectivity index (χ0v) is 12.5. The average Bonchev–Trinajstić information content (AvgIpc) is 2.31. The third kappa shape index (κ3) is 4.56. The van der Waals surface area contributed by atoms with Crippen LogP contribution in [-0.2, 0) is 4.79 Å². The summed E-state index contributed by atoms with van der Waals surface area (Å²) in [6, 6.07) is 5.47. The Morgan fingerprint density at radius 1 is 1.42 bits per heavy atom. The highest BCUT2D eigenvalue weighted by atomic mass is 35.5. The summed E-state index contributed by atoms with van der Waals surface area (Å²) in [7, 11) is 0. The topological polar surface area (TPSA) is 67.5 Å². The summed E-state index contributed by atoms with van der Waals surface area (Å²) in [6.45, 7) is 7.53. The van der Waals surface area contributed by atoms with Gasteiger partial charge < -0.3 is 11.1 Å². The van der Waals surface area contributed by atoms with E-state index in [0.717, 1.165) is 16.9 Å². The molecule has 0 fully saturated rings. The number of hydrogen-bond acceptors (Lipinski definition) is 2.